The molecule has 9 nitrogen and oxygen atoms in total. The van der Waals surface area contributed by atoms with E-state index in [9.17, 15) is 18.0 Å². The Morgan fingerprint density at radius 3 is 2.43 bits per heavy atom. The molecule has 1 aromatic heterocycles. The molecule has 2 aromatic carbocycles. The number of carbonyl (C=O) groups excluding carboxylic acids is 2. The topological polar surface area (TPSA) is 107 Å². The van der Waals surface area contributed by atoms with Crippen LogP contribution in [0.3, 0.4) is 0 Å². The van der Waals surface area contributed by atoms with E-state index in [4.69, 9.17) is 9.47 Å². The lowest BCUT2D eigenvalue weighted by atomic mass is 9.81. The van der Waals surface area contributed by atoms with E-state index in [1.165, 1.54) is 24.8 Å². The fourth-order valence-corrected chi connectivity index (χ4v) is 9.56. The maximum Gasteiger partial charge on any atom is 0.264 e. The summed E-state index contributed by atoms with van der Waals surface area (Å²) in [5.74, 6) is 0.785. The number of amides is 2. The first-order valence-electron chi connectivity index (χ1n) is 16.9. The summed E-state index contributed by atoms with van der Waals surface area (Å²) in [5.41, 5.74) is 5.29. The second-order valence-corrected chi connectivity index (χ2v) is 16.7. The number of nitrogens with zero attached hydrogens (tertiary/aromatic N) is 2. The third kappa shape index (κ3) is 4.53. The Hall–Kier alpha value is -3.37. The first-order valence-corrected chi connectivity index (χ1v) is 18.5. The van der Waals surface area contributed by atoms with E-state index < -0.39 is 26.6 Å². The summed E-state index contributed by atoms with van der Waals surface area (Å²) >= 11 is 0. The minimum atomic E-state index is -3.80. The Labute approximate surface area is 270 Å². The SMILES string of the molecule is COc1ccc2c(c1)C1CC1(C(=O)N1[C@H]3CC[C@H]1COC3)Cn1c-2c(C2CCCCC2)c2ccc(C(=O)NS(=O)(=O)C(C)C)cc21. The van der Waals surface area contributed by atoms with Crippen LogP contribution in [0.1, 0.15) is 98.5 Å². The van der Waals surface area contributed by atoms with Gasteiger partial charge in [0, 0.05) is 34.5 Å². The highest BCUT2D eigenvalue weighted by Crippen LogP contribution is 2.66. The Bertz CT molecular complexity index is 1840. The standard InChI is InChI=1S/C36H43N3O6S/c1-21(2)46(42,43)37-34(40)23-9-13-28-31(15-23)38-20-36(35(41)39-24-10-11-25(39)19-45-18-24)17-30(36)29-16-26(44-3)12-14-27(29)33(38)32(28)22-7-5-4-6-8-22/h9,12-16,21-22,24-25,30H,4-8,10-11,17-20H2,1-3H3,(H,37,40)/t24-,25-,30?,36?/m0/s1. The van der Waals surface area contributed by atoms with Gasteiger partial charge in [0.2, 0.25) is 15.9 Å². The van der Waals surface area contributed by atoms with Crippen LogP contribution in [-0.2, 0) is 26.1 Å². The molecule has 2 saturated carbocycles. The lowest BCUT2D eigenvalue weighted by Crippen LogP contribution is -2.52. The van der Waals surface area contributed by atoms with Crippen molar-refractivity contribution in [1.29, 1.82) is 0 Å². The van der Waals surface area contributed by atoms with Gasteiger partial charge in [-0.05, 0) is 93.3 Å². The van der Waals surface area contributed by atoms with E-state index in [1.807, 2.05) is 18.2 Å². The number of hydrogen-bond acceptors (Lipinski definition) is 6. The molecule has 0 spiro atoms. The summed E-state index contributed by atoms with van der Waals surface area (Å²) < 4.78 is 41.4. The van der Waals surface area contributed by atoms with Gasteiger partial charge in [-0.2, -0.15) is 0 Å². The summed E-state index contributed by atoms with van der Waals surface area (Å²) in [6.45, 7) is 4.80. The van der Waals surface area contributed by atoms with Gasteiger partial charge in [-0.3, -0.25) is 9.59 Å². The predicted octanol–water partition coefficient (Wildman–Crippen LogP) is 5.71. The Kier molecular flexibility index (Phi) is 7.07. The molecule has 4 atom stereocenters. The fraction of sp³-hybridized carbons (Fsp3) is 0.556. The molecule has 2 saturated heterocycles. The number of ether oxygens (including phenoxy) is 2. The first kappa shape index (κ1) is 30.0. The minimum absolute atomic E-state index is 0.0594. The highest BCUT2D eigenvalue weighted by atomic mass is 32.2. The molecule has 5 aliphatic rings. The number of hydrogen-bond donors (Lipinski definition) is 1. The molecule has 3 aromatic rings. The van der Waals surface area contributed by atoms with Crippen LogP contribution in [0.25, 0.3) is 22.2 Å². The Morgan fingerprint density at radius 2 is 1.74 bits per heavy atom. The van der Waals surface area contributed by atoms with E-state index in [1.54, 1.807) is 27.0 Å². The van der Waals surface area contributed by atoms with Crippen molar-refractivity contribution in [3.8, 4) is 17.0 Å². The number of morpholine rings is 1. The summed E-state index contributed by atoms with van der Waals surface area (Å²) in [4.78, 5) is 30.4. The van der Waals surface area contributed by atoms with Crippen molar-refractivity contribution in [2.75, 3.05) is 20.3 Å². The number of nitrogens with one attached hydrogen (secondary N) is 1. The molecular weight excluding hydrogens is 602 g/mol. The summed E-state index contributed by atoms with van der Waals surface area (Å²) in [6, 6.07) is 12.1. The van der Waals surface area contributed by atoms with Gasteiger partial charge in [-0.25, -0.2) is 13.1 Å². The van der Waals surface area contributed by atoms with E-state index in [2.05, 4.69) is 26.3 Å². The molecular formula is C36H43N3O6S. The van der Waals surface area contributed by atoms with Gasteiger partial charge in [-0.1, -0.05) is 25.3 Å². The van der Waals surface area contributed by atoms with Crippen molar-refractivity contribution < 1.29 is 27.5 Å². The molecule has 2 aliphatic carbocycles. The van der Waals surface area contributed by atoms with E-state index in [0.717, 1.165) is 65.6 Å². The van der Waals surface area contributed by atoms with Crippen LogP contribution in [0, 0.1) is 5.41 Å². The average Bonchev–Trinajstić information content (AvgIpc) is 3.65. The molecule has 4 fully saturated rings. The van der Waals surface area contributed by atoms with Crippen LogP contribution < -0.4 is 9.46 Å². The van der Waals surface area contributed by atoms with Crippen LogP contribution in [-0.4, -0.2) is 67.4 Å². The average molecular weight is 646 g/mol. The summed E-state index contributed by atoms with van der Waals surface area (Å²) in [7, 11) is -2.11. The van der Waals surface area contributed by atoms with Crippen molar-refractivity contribution in [3.05, 3.63) is 53.1 Å². The van der Waals surface area contributed by atoms with Crippen molar-refractivity contribution in [2.45, 2.75) is 101 Å². The van der Waals surface area contributed by atoms with Gasteiger partial charge in [0.15, 0.2) is 0 Å². The number of rotatable bonds is 6. The van der Waals surface area contributed by atoms with Crippen LogP contribution >= 0.6 is 0 Å². The van der Waals surface area contributed by atoms with Crippen LogP contribution in [0.4, 0.5) is 0 Å². The van der Waals surface area contributed by atoms with E-state index >= 15 is 0 Å². The summed E-state index contributed by atoms with van der Waals surface area (Å²) in [5, 5.41) is 0.351. The third-order valence-corrected chi connectivity index (χ3v) is 13.3. The maximum absolute atomic E-state index is 14.8. The molecule has 244 valence electrons. The van der Waals surface area contributed by atoms with Crippen molar-refractivity contribution in [1.82, 2.24) is 14.2 Å². The first-order chi connectivity index (χ1) is 22.1. The molecule has 46 heavy (non-hydrogen) atoms. The zero-order valence-electron chi connectivity index (χ0n) is 26.9. The highest BCUT2D eigenvalue weighted by molar-refractivity contribution is 7.90. The number of benzene rings is 2. The molecule has 0 radical (unpaired) electrons. The zero-order chi connectivity index (χ0) is 32.0. The van der Waals surface area contributed by atoms with Gasteiger partial charge in [0.05, 0.1) is 48.8 Å². The lowest BCUT2D eigenvalue weighted by Gasteiger charge is -2.37. The molecule has 1 N–H and O–H groups in total. The van der Waals surface area contributed by atoms with Gasteiger partial charge < -0.3 is 18.9 Å². The number of aromatic nitrogens is 1. The molecule has 2 bridgehead atoms. The van der Waals surface area contributed by atoms with Gasteiger partial charge in [0.1, 0.15) is 5.75 Å². The molecule has 4 heterocycles. The van der Waals surface area contributed by atoms with Crippen molar-refractivity contribution >= 4 is 32.7 Å². The number of fused-ring (bicyclic) bond motifs is 9. The van der Waals surface area contributed by atoms with E-state index in [-0.39, 0.29) is 23.9 Å². The number of carbonyl (C=O) groups is 2. The Morgan fingerprint density at radius 1 is 1.00 bits per heavy atom. The monoisotopic (exact) mass is 645 g/mol. The quantitative estimate of drug-likeness (QED) is 0.368. The molecule has 8 rings (SSSR count). The van der Waals surface area contributed by atoms with E-state index in [0.29, 0.717) is 31.2 Å². The maximum atomic E-state index is 14.8. The van der Waals surface area contributed by atoms with Gasteiger partial charge in [-0.15, -0.1) is 0 Å². The number of methoxy groups -OCH3 is 1. The second-order valence-electron chi connectivity index (χ2n) is 14.4. The molecule has 2 unspecified atom stereocenters. The molecule has 10 heteroatoms. The summed E-state index contributed by atoms with van der Waals surface area (Å²) in [6.07, 6.45) is 8.47. The minimum Gasteiger partial charge on any atom is -0.497 e. The molecule has 2 amide bonds. The van der Waals surface area contributed by atoms with Crippen molar-refractivity contribution in [2.24, 2.45) is 5.41 Å². The third-order valence-electron chi connectivity index (χ3n) is 11.5. The zero-order valence-corrected chi connectivity index (χ0v) is 27.7. The van der Waals surface area contributed by atoms with Crippen LogP contribution in [0.5, 0.6) is 5.75 Å². The van der Waals surface area contributed by atoms with Gasteiger partial charge in [0.25, 0.3) is 5.91 Å². The van der Waals surface area contributed by atoms with Gasteiger partial charge >= 0.3 is 0 Å². The number of sulfonamides is 1. The fourth-order valence-electron chi connectivity index (χ4n) is 8.95. The molecule has 3 aliphatic heterocycles. The van der Waals surface area contributed by atoms with Crippen LogP contribution in [0.15, 0.2) is 36.4 Å². The predicted molar refractivity (Wildman–Crippen MR) is 176 cm³/mol. The normalized spacial score (nSPS) is 27.1. The Balaban J connectivity index is 1.33. The van der Waals surface area contributed by atoms with Crippen LogP contribution in [0.2, 0.25) is 0 Å². The van der Waals surface area contributed by atoms with Crippen molar-refractivity contribution in [3.63, 3.8) is 0 Å². The largest absolute Gasteiger partial charge is 0.497 e. The smallest absolute Gasteiger partial charge is 0.264 e. The highest BCUT2D eigenvalue weighted by Gasteiger charge is 2.65. The lowest BCUT2D eigenvalue weighted by molar-refractivity contribution is -0.147. The second kappa shape index (κ2) is 10.8.